The number of esters is 1. The van der Waals surface area contributed by atoms with Gasteiger partial charge in [0.1, 0.15) is 0 Å². The van der Waals surface area contributed by atoms with E-state index in [-0.39, 0.29) is 17.7 Å². The first kappa shape index (κ1) is 11.6. The van der Waals surface area contributed by atoms with Crippen LogP contribution in [0.1, 0.15) is 18.4 Å². The van der Waals surface area contributed by atoms with Crippen LogP contribution in [0, 0.1) is 5.92 Å². The lowest BCUT2D eigenvalue weighted by molar-refractivity contribution is -0.143. The summed E-state index contributed by atoms with van der Waals surface area (Å²) in [5.41, 5.74) is 1.68. The number of carbonyl (C=O) groups excluding carboxylic acids is 2. The van der Waals surface area contributed by atoms with Crippen LogP contribution in [0.15, 0.2) is 36.4 Å². The molecule has 0 bridgehead atoms. The fourth-order valence-corrected chi connectivity index (χ4v) is 2.09. The minimum atomic E-state index is -0.319. The summed E-state index contributed by atoms with van der Waals surface area (Å²) in [7, 11) is 1.38. The summed E-state index contributed by atoms with van der Waals surface area (Å²) in [6.07, 6.45) is 2.52. The first-order chi connectivity index (χ1) is 8.22. The number of hydrogen-bond acceptors (Lipinski definition) is 3. The molecule has 1 unspecified atom stereocenters. The van der Waals surface area contributed by atoms with Crippen LogP contribution in [0.3, 0.4) is 0 Å². The van der Waals surface area contributed by atoms with Gasteiger partial charge in [0.05, 0.1) is 13.0 Å². The van der Waals surface area contributed by atoms with Crippen molar-refractivity contribution in [1.29, 1.82) is 0 Å². The monoisotopic (exact) mass is 230 g/mol. The predicted octanol–water partition coefficient (Wildman–Crippen LogP) is 2.22. The molecule has 0 aromatic heterocycles. The molecule has 1 aromatic carbocycles. The van der Waals surface area contributed by atoms with E-state index < -0.39 is 0 Å². The summed E-state index contributed by atoms with van der Waals surface area (Å²) >= 11 is 0. The first-order valence-electron chi connectivity index (χ1n) is 5.60. The van der Waals surface area contributed by atoms with Gasteiger partial charge in [0, 0.05) is 6.42 Å². The van der Waals surface area contributed by atoms with Crippen molar-refractivity contribution >= 4 is 17.3 Å². The number of benzene rings is 1. The largest absolute Gasteiger partial charge is 0.469 e. The molecule has 0 spiro atoms. The lowest BCUT2D eigenvalue weighted by atomic mass is 9.83. The highest BCUT2D eigenvalue weighted by molar-refractivity contribution is 6.03. The zero-order valence-electron chi connectivity index (χ0n) is 9.68. The molecule has 1 aromatic rings. The lowest BCUT2D eigenvalue weighted by Gasteiger charge is -2.21. The van der Waals surface area contributed by atoms with Gasteiger partial charge in [-0.1, -0.05) is 30.3 Å². The molecule has 1 atom stereocenters. The molecule has 0 radical (unpaired) electrons. The minimum absolute atomic E-state index is 0.0732. The van der Waals surface area contributed by atoms with Crippen LogP contribution >= 0.6 is 0 Å². The maximum Gasteiger partial charge on any atom is 0.313 e. The van der Waals surface area contributed by atoms with Crippen molar-refractivity contribution in [3.8, 4) is 0 Å². The summed E-state index contributed by atoms with van der Waals surface area (Å²) in [5, 5.41) is 0. The second-order valence-electron chi connectivity index (χ2n) is 4.05. The topological polar surface area (TPSA) is 43.4 Å². The van der Waals surface area contributed by atoms with Crippen LogP contribution in [0.2, 0.25) is 0 Å². The van der Waals surface area contributed by atoms with Crippen LogP contribution in [0.5, 0.6) is 0 Å². The zero-order chi connectivity index (χ0) is 12.3. The molecule has 88 valence electrons. The Balaban J connectivity index is 2.39. The van der Waals surface area contributed by atoms with E-state index in [9.17, 15) is 9.59 Å². The average Bonchev–Trinajstić information content (AvgIpc) is 2.39. The van der Waals surface area contributed by atoms with Gasteiger partial charge in [-0.05, 0) is 23.6 Å². The van der Waals surface area contributed by atoms with E-state index >= 15 is 0 Å². The molecule has 0 N–H and O–H groups in total. The maximum absolute atomic E-state index is 11.7. The van der Waals surface area contributed by atoms with Crippen molar-refractivity contribution in [1.82, 2.24) is 0 Å². The number of hydrogen-bond donors (Lipinski definition) is 0. The Labute approximate surface area is 100 Å². The van der Waals surface area contributed by atoms with Crippen LogP contribution in [0.25, 0.3) is 5.57 Å². The van der Waals surface area contributed by atoms with Gasteiger partial charge in [0.2, 0.25) is 0 Å². The molecule has 0 heterocycles. The van der Waals surface area contributed by atoms with Gasteiger partial charge in [0.25, 0.3) is 0 Å². The Hall–Kier alpha value is -1.90. The highest BCUT2D eigenvalue weighted by atomic mass is 16.5. The third-order valence-corrected chi connectivity index (χ3v) is 2.96. The van der Waals surface area contributed by atoms with E-state index in [4.69, 9.17) is 4.74 Å². The average molecular weight is 230 g/mol. The first-order valence-corrected chi connectivity index (χ1v) is 5.60. The molecule has 3 nitrogen and oxygen atoms in total. The highest BCUT2D eigenvalue weighted by Crippen LogP contribution is 2.31. The van der Waals surface area contributed by atoms with E-state index in [0.717, 1.165) is 11.1 Å². The Kier molecular flexibility index (Phi) is 3.38. The van der Waals surface area contributed by atoms with Crippen molar-refractivity contribution in [2.75, 3.05) is 7.11 Å². The van der Waals surface area contributed by atoms with Gasteiger partial charge in [-0.3, -0.25) is 9.59 Å². The van der Waals surface area contributed by atoms with Crippen LogP contribution in [0.4, 0.5) is 0 Å². The molecule has 1 aliphatic rings. The second-order valence-corrected chi connectivity index (χ2v) is 4.05. The summed E-state index contributed by atoms with van der Waals surface area (Å²) in [6.45, 7) is 0. The van der Waals surface area contributed by atoms with Crippen molar-refractivity contribution in [2.24, 2.45) is 5.92 Å². The van der Waals surface area contributed by atoms with E-state index in [2.05, 4.69) is 0 Å². The molecular weight excluding hydrogens is 216 g/mol. The third-order valence-electron chi connectivity index (χ3n) is 2.96. The fourth-order valence-electron chi connectivity index (χ4n) is 2.09. The summed E-state index contributed by atoms with van der Waals surface area (Å²) in [4.78, 5) is 23.2. The van der Waals surface area contributed by atoms with Gasteiger partial charge >= 0.3 is 5.97 Å². The molecule has 3 heteroatoms. The van der Waals surface area contributed by atoms with Gasteiger partial charge in [-0.2, -0.15) is 0 Å². The van der Waals surface area contributed by atoms with Crippen molar-refractivity contribution in [3.63, 3.8) is 0 Å². The Bertz CT molecular complexity index is 460. The van der Waals surface area contributed by atoms with Crippen LogP contribution in [-0.2, 0) is 14.3 Å². The van der Waals surface area contributed by atoms with Crippen molar-refractivity contribution in [2.45, 2.75) is 12.8 Å². The number of carbonyl (C=O) groups is 2. The molecule has 0 fully saturated rings. The molecule has 0 saturated heterocycles. The smallest absolute Gasteiger partial charge is 0.313 e. The van der Waals surface area contributed by atoms with Gasteiger partial charge in [-0.25, -0.2) is 0 Å². The molecule has 2 rings (SSSR count). The van der Waals surface area contributed by atoms with Gasteiger partial charge in [-0.15, -0.1) is 0 Å². The van der Waals surface area contributed by atoms with E-state index in [1.54, 1.807) is 6.08 Å². The maximum atomic E-state index is 11.7. The fraction of sp³-hybridized carbons (Fsp3) is 0.286. The summed E-state index contributed by atoms with van der Waals surface area (Å²) < 4.78 is 4.79. The van der Waals surface area contributed by atoms with Crippen molar-refractivity contribution in [3.05, 3.63) is 42.0 Å². The van der Waals surface area contributed by atoms with E-state index in [1.807, 2.05) is 30.3 Å². The van der Waals surface area contributed by atoms with E-state index in [0.29, 0.717) is 12.8 Å². The van der Waals surface area contributed by atoms with E-state index in [1.165, 1.54) is 7.11 Å². The predicted molar refractivity (Wildman–Crippen MR) is 64.2 cm³/mol. The Morgan fingerprint density at radius 1 is 1.29 bits per heavy atom. The number of allylic oxidation sites excluding steroid dienone is 1. The molecular formula is C14H14O3. The third kappa shape index (κ3) is 2.44. The normalized spacial score (nSPS) is 19.7. The Morgan fingerprint density at radius 3 is 2.65 bits per heavy atom. The molecule has 17 heavy (non-hydrogen) atoms. The summed E-state index contributed by atoms with van der Waals surface area (Å²) in [6, 6.07) is 9.50. The number of rotatable bonds is 2. The zero-order valence-corrected chi connectivity index (χ0v) is 9.68. The number of ether oxygens (including phenoxy) is 1. The minimum Gasteiger partial charge on any atom is -0.469 e. The Morgan fingerprint density at radius 2 is 2.00 bits per heavy atom. The highest BCUT2D eigenvalue weighted by Gasteiger charge is 2.29. The molecule has 0 aliphatic heterocycles. The standard InChI is InChI=1S/C14H14O3/c1-17-14(16)12-8-7-11(15)9-13(12)10-5-3-2-4-6-10/h2-6,9,12H,7-8H2,1H3. The number of methoxy groups -OCH3 is 1. The summed E-state index contributed by atoms with van der Waals surface area (Å²) in [5.74, 6) is -0.517. The van der Waals surface area contributed by atoms with Crippen LogP contribution < -0.4 is 0 Å². The molecule has 0 saturated carbocycles. The molecule has 1 aliphatic carbocycles. The van der Waals surface area contributed by atoms with Gasteiger partial charge in [0.15, 0.2) is 5.78 Å². The SMILES string of the molecule is COC(=O)C1CCC(=O)C=C1c1ccccc1. The lowest BCUT2D eigenvalue weighted by Crippen LogP contribution is -2.22. The van der Waals surface area contributed by atoms with Crippen molar-refractivity contribution < 1.29 is 14.3 Å². The van der Waals surface area contributed by atoms with Crippen LogP contribution in [-0.4, -0.2) is 18.9 Å². The quantitative estimate of drug-likeness (QED) is 0.732. The molecule has 0 amide bonds. The second kappa shape index (κ2) is 4.95. The number of ketones is 1. The van der Waals surface area contributed by atoms with Gasteiger partial charge < -0.3 is 4.74 Å².